The monoisotopic (exact) mass is 437 g/mol. The fourth-order valence-electron chi connectivity index (χ4n) is 4.38. The number of nitrogens with zero attached hydrogens (tertiary/aromatic N) is 2. The van der Waals surface area contributed by atoms with Crippen LogP contribution in [0.15, 0.2) is 23.1 Å². The summed E-state index contributed by atoms with van der Waals surface area (Å²) in [5.41, 5.74) is 1.27. The first-order valence-corrected chi connectivity index (χ1v) is 12.5. The minimum atomic E-state index is -3.58. The van der Waals surface area contributed by atoms with E-state index in [1.54, 1.807) is 34.9 Å². The van der Waals surface area contributed by atoms with Crippen molar-refractivity contribution >= 4 is 39.3 Å². The topological polar surface area (TPSA) is 86.8 Å². The number of hydrogen-bond acceptors (Lipinski definition) is 5. The van der Waals surface area contributed by atoms with Gasteiger partial charge in [0.15, 0.2) is 0 Å². The van der Waals surface area contributed by atoms with E-state index in [0.717, 1.165) is 31.2 Å². The van der Waals surface area contributed by atoms with Gasteiger partial charge in [-0.25, -0.2) is 8.42 Å². The first-order chi connectivity index (χ1) is 13.7. The fraction of sp³-hybridized carbons (Fsp3) is 0.600. The number of amides is 2. The molecule has 1 aromatic carbocycles. The number of nitrogens with one attached hydrogen (secondary N) is 1. The lowest BCUT2D eigenvalue weighted by Gasteiger charge is -2.30. The number of piperidine rings is 1. The quantitative estimate of drug-likeness (QED) is 0.782. The molecule has 3 saturated heterocycles. The van der Waals surface area contributed by atoms with Crippen LogP contribution < -0.4 is 5.32 Å². The van der Waals surface area contributed by atoms with Crippen LogP contribution in [0.25, 0.3) is 0 Å². The molecular formula is C20H27N3O4S2. The molecular weight excluding hydrogens is 410 g/mol. The van der Waals surface area contributed by atoms with Crippen LogP contribution in [0.5, 0.6) is 0 Å². The SMILES string of the molecule is Cc1ccc(S(=O)(=O)N2CCCCC2)cc1NC(=O)[C@H]1CS[C@@]2(C)CCC(=O)N12. The number of anilines is 1. The van der Waals surface area contributed by atoms with Crippen molar-refractivity contribution in [2.24, 2.45) is 0 Å². The lowest BCUT2D eigenvalue weighted by molar-refractivity contribution is -0.135. The van der Waals surface area contributed by atoms with E-state index in [1.165, 1.54) is 4.31 Å². The molecule has 3 aliphatic heterocycles. The number of sulfonamides is 1. The summed E-state index contributed by atoms with van der Waals surface area (Å²) in [4.78, 5) is 26.9. The largest absolute Gasteiger partial charge is 0.324 e. The number of carbonyl (C=O) groups is 2. The molecule has 29 heavy (non-hydrogen) atoms. The number of hydrogen-bond donors (Lipinski definition) is 1. The summed E-state index contributed by atoms with van der Waals surface area (Å²) in [6.45, 7) is 4.91. The van der Waals surface area contributed by atoms with Gasteiger partial charge in [0.05, 0.1) is 9.77 Å². The average molecular weight is 438 g/mol. The van der Waals surface area contributed by atoms with Crippen LogP contribution in [-0.4, -0.2) is 59.2 Å². The third-order valence-electron chi connectivity index (χ3n) is 6.17. The first-order valence-electron chi connectivity index (χ1n) is 10.1. The predicted molar refractivity (Wildman–Crippen MR) is 113 cm³/mol. The van der Waals surface area contributed by atoms with Gasteiger partial charge in [-0.15, -0.1) is 11.8 Å². The number of benzene rings is 1. The van der Waals surface area contributed by atoms with E-state index >= 15 is 0 Å². The Balaban J connectivity index is 1.56. The molecule has 3 heterocycles. The minimum absolute atomic E-state index is 0.01000. The van der Waals surface area contributed by atoms with E-state index in [-0.39, 0.29) is 21.6 Å². The predicted octanol–water partition coefficient (Wildman–Crippen LogP) is 2.56. The molecule has 3 fully saturated rings. The number of aryl methyl sites for hydroxylation is 1. The van der Waals surface area contributed by atoms with Gasteiger partial charge in [0.25, 0.3) is 0 Å². The fourth-order valence-corrected chi connectivity index (χ4v) is 7.36. The molecule has 9 heteroatoms. The van der Waals surface area contributed by atoms with E-state index in [4.69, 9.17) is 0 Å². The Hall–Kier alpha value is -1.58. The molecule has 0 bridgehead atoms. The van der Waals surface area contributed by atoms with Crippen LogP contribution in [0.3, 0.4) is 0 Å². The highest BCUT2D eigenvalue weighted by molar-refractivity contribution is 8.01. The molecule has 0 unspecified atom stereocenters. The maximum atomic E-state index is 13.0. The van der Waals surface area contributed by atoms with Crippen LogP contribution in [0.4, 0.5) is 5.69 Å². The summed E-state index contributed by atoms with van der Waals surface area (Å²) in [7, 11) is -3.58. The smallest absolute Gasteiger partial charge is 0.248 e. The lowest BCUT2D eigenvalue weighted by Crippen LogP contribution is -2.48. The molecule has 0 radical (unpaired) electrons. The third kappa shape index (κ3) is 3.68. The van der Waals surface area contributed by atoms with Gasteiger partial charge in [0.1, 0.15) is 6.04 Å². The Morgan fingerprint density at radius 2 is 1.97 bits per heavy atom. The molecule has 158 valence electrons. The van der Waals surface area contributed by atoms with Crippen molar-refractivity contribution in [3.8, 4) is 0 Å². The Kier molecular flexibility index (Phi) is 5.41. The molecule has 7 nitrogen and oxygen atoms in total. The highest BCUT2D eigenvalue weighted by Crippen LogP contribution is 2.47. The zero-order chi connectivity index (χ0) is 20.8. The Labute approximate surface area is 176 Å². The van der Waals surface area contributed by atoms with Gasteiger partial charge < -0.3 is 10.2 Å². The first kappa shape index (κ1) is 20.7. The highest BCUT2D eigenvalue weighted by Gasteiger charge is 2.52. The summed E-state index contributed by atoms with van der Waals surface area (Å²) >= 11 is 1.64. The Bertz CT molecular complexity index is 943. The minimum Gasteiger partial charge on any atom is -0.324 e. The average Bonchev–Trinajstić information content (AvgIpc) is 3.20. The molecule has 1 aromatic rings. The molecule has 0 aromatic heterocycles. The van der Waals surface area contributed by atoms with Crippen molar-refractivity contribution in [1.82, 2.24) is 9.21 Å². The zero-order valence-electron chi connectivity index (χ0n) is 16.8. The summed E-state index contributed by atoms with van der Waals surface area (Å²) < 4.78 is 27.5. The number of thioether (sulfide) groups is 1. The number of fused-ring (bicyclic) bond motifs is 1. The van der Waals surface area contributed by atoms with Crippen LogP contribution >= 0.6 is 11.8 Å². The van der Waals surface area contributed by atoms with Gasteiger partial charge in [-0.05, 0) is 50.8 Å². The second kappa shape index (κ2) is 7.59. The molecule has 2 atom stereocenters. The maximum absolute atomic E-state index is 13.0. The number of rotatable bonds is 4. The van der Waals surface area contributed by atoms with Crippen molar-refractivity contribution in [3.63, 3.8) is 0 Å². The molecule has 2 amide bonds. The van der Waals surface area contributed by atoms with E-state index in [0.29, 0.717) is 31.0 Å². The zero-order valence-corrected chi connectivity index (χ0v) is 18.4. The number of carbonyl (C=O) groups excluding carboxylic acids is 2. The third-order valence-corrected chi connectivity index (χ3v) is 9.57. The van der Waals surface area contributed by atoms with Gasteiger partial charge >= 0.3 is 0 Å². The van der Waals surface area contributed by atoms with Gasteiger partial charge in [-0.1, -0.05) is 12.5 Å². The lowest BCUT2D eigenvalue weighted by atomic mass is 10.1. The molecule has 4 rings (SSSR count). The van der Waals surface area contributed by atoms with Gasteiger partial charge in [-0.3, -0.25) is 9.59 Å². The molecule has 0 aliphatic carbocycles. The Morgan fingerprint density at radius 3 is 2.69 bits per heavy atom. The summed E-state index contributed by atoms with van der Waals surface area (Å²) in [5.74, 6) is 0.307. The molecule has 0 spiro atoms. The van der Waals surface area contributed by atoms with Crippen molar-refractivity contribution in [3.05, 3.63) is 23.8 Å². The second-order valence-electron chi connectivity index (χ2n) is 8.20. The van der Waals surface area contributed by atoms with E-state index in [2.05, 4.69) is 5.32 Å². The van der Waals surface area contributed by atoms with Crippen LogP contribution in [0, 0.1) is 6.92 Å². The van der Waals surface area contributed by atoms with Crippen molar-refractivity contribution in [2.45, 2.75) is 61.8 Å². The summed E-state index contributed by atoms with van der Waals surface area (Å²) in [6.07, 6.45) is 4.01. The summed E-state index contributed by atoms with van der Waals surface area (Å²) in [5, 5.41) is 2.89. The molecule has 0 saturated carbocycles. The highest BCUT2D eigenvalue weighted by atomic mass is 32.2. The van der Waals surface area contributed by atoms with Crippen LogP contribution in [-0.2, 0) is 19.6 Å². The molecule has 3 aliphatic rings. The second-order valence-corrected chi connectivity index (χ2v) is 11.6. The van der Waals surface area contributed by atoms with Gasteiger partial charge in [0, 0.05) is 31.0 Å². The van der Waals surface area contributed by atoms with E-state index in [9.17, 15) is 18.0 Å². The van der Waals surface area contributed by atoms with Crippen LogP contribution in [0.1, 0.15) is 44.6 Å². The van der Waals surface area contributed by atoms with E-state index in [1.807, 2.05) is 13.8 Å². The summed E-state index contributed by atoms with van der Waals surface area (Å²) in [6, 6.07) is 4.34. The van der Waals surface area contributed by atoms with Crippen molar-refractivity contribution < 1.29 is 18.0 Å². The van der Waals surface area contributed by atoms with Crippen molar-refractivity contribution in [2.75, 3.05) is 24.2 Å². The van der Waals surface area contributed by atoms with Crippen molar-refractivity contribution in [1.29, 1.82) is 0 Å². The van der Waals surface area contributed by atoms with E-state index < -0.39 is 16.1 Å². The molecule has 1 N–H and O–H groups in total. The van der Waals surface area contributed by atoms with Crippen LogP contribution in [0.2, 0.25) is 0 Å². The maximum Gasteiger partial charge on any atom is 0.248 e. The normalized spacial score (nSPS) is 27.9. The van der Waals surface area contributed by atoms with Gasteiger partial charge in [0.2, 0.25) is 21.8 Å². The Morgan fingerprint density at radius 1 is 1.24 bits per heavy atom. The standard InChI is InChI=1S/C20H27N3O4S2/c1-14-6-7-15(29(26,27)22-10-4-3-5-11-22)12-16(14)21-19(25)17-13-28-20(2)9-8-18(24)23(17)20/h6-7,12,17H,3-5,8-11,13H2,1-2H3,(H,21,25)/t17-,20+/m1/s1. The van der Waals surface area contributed by atoms with Gasteiger partial charge in [-0.2, -0.15) is 4.31 Å².